The SMILES string of the molecule is COC(=O)C(C)C(O)(C(=O)c1ccc([N+](=O)[O-])cc1)c1ccc([N+](=O)[O-])cc1. The van der Waals surface area contributed by atoms with Crippen molar-refractivity contribution >= 4 is 23.1 Å². The second kappa shape index (κ2) is 7.92. The summed E-state index contributed by atoms with van der Waals surface area (Å²) in [5.41, 5.74) is -3.06. The smallest absolute Gasteiger partial charge is 0.312 e. The number of non-ortho nitro benzene ring substituents is 2. The zero-order valence-electron chi connectivity index (χ0n) is 14.9. The molecule has 28 heavy (non-hydrogen) atoms. The van der Waals surface area contributed by atoms with Gasteiger partial charge in [-0.15, -0.1) is 0 Å². The fraction of sp³-hybridized carbons (Fsp3) is 0.222. The summed E-state index contributed by atoms with van der Waals surface area (Å²) < 4.78 is 4.63. The fourth-order valence-corrected chi connectivity index (χ4v) is 2.72. The molecule has 0 aliphatic carbocycles. The Labute approximate surface area is 158 Å². The van der Waals surface area contributed by atoms with Crippen molar-refractivity contribution < 1.29 is 29.3 Å². The number of esters is 1. The molecule has 0 saturated heterocycles. The number of hydrogen-bond donors (Lipinski definition) is 1. The van der Waals surface area contributed by atoms with Gasteiger partial charge in [0, 0.05) is 29.8 Å². The largest absolute Gasteiger partial charge is 0.469 e. The van der Waals surface area contributed by atoms with Crippen LogP contribution in [0.2, 0.25) is 0 Å². The Morgan fingerprint density at radius 1 is 0.964 bits per heavy atom. The number of ketones is 1. The number of benzene rings is 2. The van der Waals surface area contributed by atoms with Crippen molar-refractivity contribution in [3.05, 3.63) is 79.9 Å². The molecule has 10 heteroatoms. The van der Waals surface area contributed by atoms with Gasteiger partial charge < -0.3 is 9.84 Å². The summed E-state index contributed by atoms with van der Waals surface area (Å²) in [6.07, 6.45) is 0. The summed E-state index contributed by atoms with van der Waals surface area (Å²) in [4.78, 5) is 45.4. The predicted molar refractivity (Wildman–Crippen MR) is 95.6 cm³/mol. The second-order valence-corrected chi connectivity index (χ2v) is 5.95. The first kappa shape index (κ1) is 20.6. The molecular formula is C18H16N2O8. The van der Waals surface area contributed by atoms with Crippen molar-refractivity contribution in [1.29, 1.82) is 0 Å². The van der Waals surface area contributed by atoms with E-state index in [9.17, 15) is 34.9 Å². The summed E-state index contributed by atoms with van der Waals surface area (Å²) in [7, 11) is 1.09. The number of nitro groups is 2. The van der Waals surface area contributed by atoms with Crippen LogP contribution in [-0.2, 0) is 15.1 Å². The van der Waals surface area contributed by atoms with E-state index in [2.05, 4.69) is 4.74 Å². The maximum atomic E-state index is 13.1. The minimum absolute atomic E-state index is 0.0562. The minimum Gasteiger partial charge on any atom is -0.469 e. The quantitative estimate of drug-likeness (QED) is 0.329. The molecule has 146 valence electrons. The van der Waals surface area contributed by atoms with Gasteiger partial charge in [0.15, 0.2) is 11.4 Å². The van der Waals surface area contributed by atoms with Crippen LogP contribution >= 0.6 is 0 Å². The van der Waals surface area contributed by atoms with E-state index in [1.54, 1.807) is 0 Å². The molecule has 2 aromatic carbocycles. The number of rotatable bonds is 7. The van der Waals surface area contributed by atoms with E-state index >= 15 is 0 Å². The predicted octanol–water partition coefficient (Wildman–Crippen LogP) is 2.38. The van der Waals surface area contributed by atoms with E-state index in [0.29, 0.717) is 0 Å². The highest BCUT2D eigenvalue weighted by Gasteiger charge is 2.47. The van der Waals surface area contributed by atoms with Crippen molar-refractivity contribution in [2.45, 2.75) is 12.5 Å². The van der Waals surface area contributed by atoms with E-state index in [0.717, 1.165) is 43.5 Å². The number of carbonyl (C=O) groups excluding carboxylic acids is 2. The summed E-state index contributed by atoms with van der Waals surface area (Å²) in [6, 6.07) is 9.00. The van der Waals surface area contributed by atoms with E-state index in [1.165, 1.54) is 19.1 Å². The van der Waals surface area contributed by atoms with Gasteiger partial charge in [0.25, 0.3) is 11.4 Å². The Morgan fingerprint density at radius 3 is 1.79 bits per heavy atom. The van der Waals surface area contributed by atoms with Crippen LogP contribution in [0.3, 0.4) is 0 Å². The summed E-state index contributed by atoms with van der Waals surface area (Å²) in [6.45, 7) is 1.27. The molecule has 0 amide bonds. The number of nitro benzene ring substituents is 2. The zero-order chi connectivity index (χ0) is 21.1. The van der Waals surface area contributed by atoms with Crippen molar-refractivity contribution in [3.63, 3.8) is 0 Å². The number of aliphatic hydroxyl groups is 1. The molecule has 0 spiro atoms. The number of Topliss-reactive ketones (excluding diaryl/α,β-unsaturated/α-hetero) is 1. The van der Waals surface area contributed by atoms with Crippen LogP contribution in [0.4, 0.5) is 11.4 Å². The summed E-state index contributed by atoms with van der Waals surface area (Å²) >= 11 is 0. The molecule has 2 atom stereocenters. The van der Waals surface area contributed by atoms with Crippen LogP contribution in [0.1, 0.15) is 22.8 Å². The van der Waals surface area contributed by atoms with Gasteiger partial charge in [-0.3, -0.25) is 29.8 Å². The molecule has 0 fully saturated rings. The van der Waals surface area contributed by atoms with E-state index in [1.807, 2.05) is 0 Å². The second-order valence-electron chi connectivity index (χ2n) is 5.95. The fourth-order valence-electron chi connectivity index (χ4n) is 2.72. The lowest BCUT2D eigenvalue weighted by atomic mass is 9.76. The molecule has 1 N–H and O–H groups in total. The first-order valence-corrected chi connectivity index (χ1v) is 7.97. The van der Waals surface area contributed by atoms with Crippen LogP contribution in [-0.4, -0.2) is 33.8 Å². The summed E-state index contributed by atoms with van der Waals surface area (Å²) in [5, 5.41) is 32.8. The first-order valence-electron chi connectivity index (χ1n) is 7.97. The average Bonchev–Trinajstić information content (AvgIpc) is 2.71. The topological polar surface area (TPSA) is 150 Å². The molecule has 2 unspecified atom stereocenters. The highest BCUT2D eigenvalue weighted by molar-refractivity contribution is 6.05. The minimum atomic E-state index is -2.40. The maximum Gasteiger partial charge on any atom is 0.312 e. The third-order valence-corrected chi connectivity index (χ3v) is 4.39. The van der Waals surface area contributed by atoms with Gasteiger partial charge in [0.1, 0.15) is 0 Å². The number of carbonyl (C=O) groups is 2. The molecule has 2 rings (SSSR count). The zero-order valence-corrected chi connectivity index (χ0v) is 14.9. The van der Waals surface area contributed by atoms with Crippen molar-refractivity contribution in [2.24, 2.45) is 5.92 Å². The molecule has 0 radical (unpaired) electrons. The Morgan fingerprint density at radius 2 is 1.39 bits per heavy atom. The Kier molecular flexibility index (Phi) is 5.84. The lowest BCUT2D eigenvalue weighted by molar-refractivity contribution is -0.385. The highest BCUT2D eigenvalue weighted by atomic mass is 16.6. The van der Waals surface area contributed by atoms with Crippen LogP contribution in [0.15, 0.2) is 48.5 Å². The van der Waals surface area contributed by atoms with E-state index < -0.39 is 33.1 Å². The lowest BCUT2D eigenvalue weighted by Gasteiger charge is -2.31. The van der Waals surface area contributed by atoms with Crippen molar-refractivity contribution in [2.75, 3.05) is 7.11 Å². The molecule has 0 aliphatic rings. The molecule has 0 bridgehead atoms. The number of hydrogen-bond acceptors (Lipinski definition) is 8. The molecule has 2 aromatic rings. The summed E-state index contributed by atoms with van der Waals surface area (Å²) in [5.74, 6) is -3.15. The van der Waals surface area contributed by atoms with Crippen LogP contribution in [0.25, 0.3) is 0 Å². The monoisotopic (exact) mass is 388 g/mol. The molecule has 0 saturated carbocycles. The highest BCUT2D eigenvalue weighted by Crippen LogP contribution is 2.35. The van der Waals surface area contributed by atoms with E-state index in [-0.39, 0.29) is 22.5 Å². The molecule has 0 aromatic heterocycles. The average molecular weight is 388 g/mol. The van der Waals surface area contributed by atoms with Gasteiger partial charge in [-0.05, 0) is 36.8 Å². The third kappa shape index (κ3) is 3.71. The van der Waals surface area contributed by atoms with Gasteiger partial charge in [0.05, 0.1) is 22.9 Å². The molecular weight excluding hydrogens is 372 g/mol. The van der Waals surface area contributed by atoms with Gasteiger partial charge >= 0.3 is 5.97 Å². The molecule has 0 aliphatic heterocycles. The van der Waals surface area contributed by atoms with E-state index in [4.69, 9.17) is 0 Å². The van der Waals surface area contributed by atoms with Gasteiger partial charge in [-0.2, -0.15) is 0 Å². The normalized spacial score (nSPS) is 13.8. The standard InChI is InChI=1S/C18H16N2O8/c1-11(17(22)28-2)18(23,13-5-9-15(10-6-13)20(26)27)16(21)12-3-7-14(8-4-12)19(24)25/h3-11,23H,1-2H3. The number of ether oxygens (including phenoxy) is 1. The van der Waals surface area contributed by atoms with Crippen LogP contribution in [0.5, 0.6) is 0 Å². The van der Waals surface area contributed by atoms with Gasteiger partial charge in [-0.25, -0.2) is 0 Å². The first-order chi connectivity index (χ1) is 13.1. The number of methoxy groups -OCH3 is 1. The third-order valence-electron chi connectivity index (χ3n) is 4.39. The Hall–Kier alpha value is -3.66. The van der Waals surface area contributed by atoms with Crippen molar-refractivity contribution in [1.82, 2.24) is 0 Å². The maximum absolute atomic E-state index is 13.1. The van der Waals surface area contributed by atoms with Crippen LogP contribution < -0.4 is 0 Å². The lowest BCUT2D eigenvalue weighted by Crippen LogP contribution is -2.45. The Bertz CT molecular complexity index is 924. The van der Waals surface area contributed by atoms with Gasteiger partial charge in [0.2, 0.25) is 0 Å². The number of nitrogens with zero attached hydrogens (tertiary/aromatic N) is 2. The molecule has 0 heterocycles. The van der Waals surface area contributed by atoms with Crippen molar-refractivity contribution in [3.8, 4) is 0 Å². The molecule has 10 nitrogen and oxygen atoms in total. The van der Waals surface area contributed by atoms with Gasteiger partial charge in [-0.1, -0.05) is 0 Å². The van der Waals surface area contributed by atoms with Crippen LogP contribution in [0, 0.1) is 26.1 Å². The Balaban J connectivity index is 2.57.